The van der Waals surface area contributed by atoms with Gasteiger partial charge >= 0.3 is 0 Å². The number of nitrogens with zero attached hydrogens (tertiary/aromatic N) is 3. The highest BCUT2D eigenvalue weighted by atomic mass is 79.9. The second-order valence-corrected chi connectivity index (χ2v) is 4.66. The summed E-state index contributed by atoms with van der Waals surface area (Å²) in [5, 5.41) is 17.5. The number of nitrogens with one attached hydrogen (secondary N) is 1. The van der Waals surface area contributed by atoms with Crippen molar-refractivity contribution >= 4 is 21.6 Å². The SMILES string of the molecule is O=[N+]([O-])c1ccc(CNCCc2ncon2)c(Br)c1. The molecule has 0 amide bonds. The molecule has 100 valence electrons. The predicted octanol–water partition coefficient (Wildman–Crippen LogP) is 2.07. The minimum atomic E-state index is -0.418. The number of benzene rings is 1. The maximum absolute atomic E-state index is 10.6. The molecule has 1 aromatic heterocycles. The first kappa shape index (κ1) is 13.6. The van der Waals surface area contributed by atoms with Crippen LogP contribution in [0, 0.1) is 10.1 Å². The number of halogens is 1. The van der Waals surface area contributed by atoms with Gasteiger partial charge in [0, 0.05) is 36.1 Å². The zero-order valence-electron chi connectivity index (χ0n) is 9.88. The second-order valence-electron chi connectivity index (χ2n) is 3.81. The van der Waals surface area contributed by atoms with Crippen molar-refractivity contribution in [3.8, 4) is 0 Å². The van der Waals surface area contributed by atoms with Crippen LogP contribution in [0.2, 0.25) is 0 Å². The molecule has 1 N–H and O–H groups in total. The Labute approximate surface area is 117 Å². The van der Waals surface area contributed by atoms with Crippen LogP contribution in [0.1, 0.15) is 11.4 Å². The molecular formula is C11H11BrN4O3. The zero-order valence-corrected chi connectivity index (χ0v) is 11.5. The van der Waals surface area contributed by atoms with Gasteiger partial charge in [-0.25, -0.2) is 0 Å². The number of non-ortho nitro benzene ring substituents is 1. The molecule has 19 heavy (non-hydrogen) atoms. The van der Waals surface area contributed by atoms with Gasteiger partial charge in [-0.15, -0.1) is 0 Å². The van der Waals surface area contributed by atoms with Crippen LogP contribution >= 0.6 is 15.9 Å². The van der Waals surface area contributed by atoms with E-state index in [1.54, 1.807) is 6.07 Å². The molecule has 0 saturated heterocycles. The van der Waals surface area contributed by atoms with Gasteiger partial charge < -0.3 is 9.84 Å². The van der Waals surface area contributed by atoms with Crippen LogP contribution < -0.4 is 5.32 Å². The predicted molar refractivity (Wildman–Crippen MR) is 70.5 cm³/mol. The average Bonchev–Trinajstić information content (AvgIpc) is 2.89. The molecule has 0 aliphatic carbocycles. The lowest BCUT2D eigenvalue weighted by atomic mass is 10.2. The maximum atomic E-state index is 10.6. The van der Waals surface area contributed by atoms with Gasteiger partial charge in [-0.05, 0) is 11.6 Å². The Bertz CT molecular complexity index is 559. The number of nitro groups is 1. The first-order valence-electron chi connectivity index (χ1n) is 5.55. The van der Waals surface area contributed by atoms with Crippen LogP contribution in [-0.4, -0.2) is 21.6 Å². The van der Waals surface area contributed by atoms with E-state index in [9.17, 15) is 10.1 Å². The molecule has 0 unspecified atom stereocenters. The van der Waals surface area contributed by atoms with Crippen LogP contribution in [0.15, 0.2) is 33.6 Å². The molecule has 2 rings (SSSR count). The zero-order chi connectivity index (χ0) is 13.7. The van der Waals surface area contributed by atoms with Gasteiger partial charge in [0.05, 0.1) is 4.92 Å². The van der Waals surface area contributed by atoms with Gasteiger partial charge in [-0.2, -0.15) is 4.98 Å². The molecule has 7 nitrogen and oxygen atoms in total. The summed E-state index contributed by atoms with van der Waals surface area (Å²) < 4.78 is 5.34. The van der Waals surface area contributed by atoms with Crippen molar-refractivity contribution in [1.29, 1.82) is 0 Å². The first-order valence-corrected chi connectivity index (χ1v) is 6.35. The van der Waals surface area contributed by atoms with E-state index in [2.05, 4.69) is 35.9 Å². The number of rotatable bonds is 6. The van der Waals surface area contributed by atoms with E-state index < -0.39 is 4.92 Å². The van der Waals surface area contributed by atoms with Crippen molar-refractivity contribution < 1.29 is 9.45 Å². The number of aromatic nitrogens is 2. The molecule has 2 aromatic rings. The van der Waals surface area contributed by atoms with Crippen molar-refractivity contribution in [2.24, 2.45) is 0 Å². The van der Waals surface area contributed by atoms with E-state index in [-0.39, 0.29) is 5.69 Å². The van der Waals surface area contributed by atoms with Gasteiger partial charge in [0.15, 0.2) is 5.82 Å². The molecule has 0 saturated carbocycles. The van der Waals surface area contributed by atoms with Crippen molar-refractivity contribution in [3.05, 3.63) is 50.6 Å². The van der Waals surface area contributed by atoms with Gasteiger partial charge in [0.2, 0.25) is 6.39 Å². The Morgan fingerprint density at radius 1 is 1.47 bits per heavy atom. The van der Waals surface area contributed by atoms with E-state index in [4.69, 9.17) is 0 Å². The molecular weight excluding hydrogens is 316 g/mol. The number of hydrogen-bond acceptors (Lipinski definition) is 6. The van der Waals surface area contributed by atoms with E-state index in [0.717, 1.165) is 5.56 Å². The number of hydrogen-bond donors (Lipinski definition) is 1. The topological polar surface area (TPSA) is 94.1 Å². The van der Waals surface area contributed by atoms with Crippen molar-refractivity contribution in [1.82, 2.24) is 15.5 Å². The lowest BCUT2D eigenvalue weighted by molar-refractivity contribution is -0.384. The monoisotopic (exact) mass is 326 g/mol. The van der Waals surface area contributed by atoms with Crippen molar-refractivity contribution in [2.75, 3.05) is 6.54 Å². The summed E-state index contributed by atoms with van der Waals surface area (Å²) in [5.74, 6) is 0.648. The highest BCUT2D eigenvalue weighted by Gasteiger charge is 2.08. The van der Waals surface area contributed by atoms with Gasteiger partial charge in [-0.1, -0.05) is 21.1 Å². The third-order valence-electron chi connectivity index (χ3n) is 2.50. The highest BCUT2D eigenvalue weighted by molar-refractivity contribution is 9.10. The standard InChI is InChI=1S/C11H11BrN4O3/c12-10-5-9(16(17)18)2-1-8(10)6-13-4-3-11-14-7-19-15-11/h1-2,5,7,13H,3-4,6H2. The van der Waals surface area contributed by atoms with Gasteiger partial charge in [0.1, 0.15) is 0 Å². The van der Waals surface area contributed by atoms with Gasteiger partial charge in [-0.3, -0.25) is 10.1 Å². The molecule has 0 atom stereocenters. The summed E-state index contributed by atoms with van der Waals surface area (Å²) in [6.07, 6.45) is 1.96. The van der Waals surface area contributed by atoms with Crippen LogP contribution in [0.5, 0.6) is 0 Å². The number of nitro benzene ring substituents is 1. The summed E-state index contributed by atoms with van der Waals surface area (Å²) in [5.41, 5.74) is 1.03. The Morgan fingerprint density at radius 3 is 2.95 bits per heavy atom. The minimum Gasteiger partial charge on any atom is -0.343 e. The Kier molecular flexibility index (Phi) is 4.58. The fourth-order valence-electron chi connectivity index (χ4n) is 1.52. The molecule has 8 heteroatoms. The summed E-state index contributed by atoms with van der Waals surface area (Å²) in [6, 6.07) is 4.71. The molecule has 0 spiro atoms. The lowest BCUT2D eigenvalue weighted by Crippen LogP contribution is -2.17. The normalized spacial score (nSPS) is 10.6. The first-order chi connectivity index (χ1) is 9.16. The molecule has 0 aliphatic heterocycles. The second kappa shape index (κ2) is 6.39. The largest absolute Gasteiger partial charge is 0.343 e. The Hall–Kier alpha value is -1.80. The third kappa shape index (κ3) is 3.83. The summed E-state index contributed by atoms with van der Waals surface area (Å²) in [4.78, 5) is 14.1. The van der Waals surface area contributed by atoms with Crippen LogP contribution in [0.3, 0.4) is 0 Å². The molecule has 0 radical (unpaired) electrons. The smallest absolute Gasteiger partial charge is 0.270 e. The summed E-state index contributed by atoms with van der Waals surface area (Å²) >= 11 is 3.32. The van der Waals surface area contributed by atoms with Crippen LogP contribution in [-0.2, 0) is 13.0 Å². The molecule has 0 bridgehead atoms. The van der Waals surface area contributed by atoms with Crippen molar-refractivity contribution in [3.63, 3.8) is 0 Å². The van der Waals surface area contributed by atoms with Crippen LogP contribution in [0.4, 0.5) is 5.69 Å². The summed E-state index contributed by atoms with van der Waals surface area (Å²) in [7, 11) is 0. The van der Waals surface area contributed by atoms with Gasteiger partial charge in [0.25, 0.3) is 5.69 Å². The Morgan fingerprint density at radius 2 is 2.32 bits per heavy atom. The highest BCUT2D eigenvalue weighted by Crippen LogP contribution is 2.22. The quantitative estimate of drug-likeness (QED) is 0.496. The fourth-order valence-corrected chi connectivity index (χ4v) is 2.03. The maximum Gasteiger partial charge on any atom is 0.270 e. The van der Waals surface area contributed by atoms with E-state index in [0.29, 0.717) is 29.8 Å². The fraction of sp³-hybridized carbons (Fsp3) is 0.273. The van der Waals surface area contributed by atoms with Crippen molar-refractivity contribution in [2.45, 2.75) is 13.0 Å². The molecule has 0 aliphatic rings. The summed E-state index contributed by atoms with van der Waals surface area (Å²) in [6.45, 7) is 1.30. The third-order valence-corrected chi connectivity index (χ3v) is 3.23. The van der Waals surface area contributed by atoms with E-state index in [1.807, 2.05) is 0 Å². The average molecular weight is 327 g/mol. The Balaban J connectivity index is 1.84. The van der Waals surface area contributed by atoms with E-state index in [1.165, 1.54) is 18.5 Å². The van der Waals surface area contributed by atoms with E-state index >= 15 is 0 Å². The van der Waals surface area contributed by atoms with Crippen LogP contribution in [0.25, 0.3) is 0 Å². The molecule has 1 heterocycles. The molecule has 0 fully saturated rings. The lowest BCUT2D eigenvalue weighted by Gasteiger charge is -2.05. The minimum absolute atomic E-state index is 0.0717. The molecule has 1 aromatic carbocycles.